The Bertz CT molecular complexity index is 846. The number of carbonyl (C=O) groups excluding carboxylic acids is 1. The Morgan fingerprint density at radius 1 is 1.15 bits per heavy atom. The first-order valence-corrected chi connectivity index (χ1v) is 8.68. The third kappa shape index (κ3) is 4.15. The largest absolute Gasteiger partial charge is 0.337 e. The van der Waals surface area contributed by atoms with Crippen LogP contribution in [0.15, 0.2) is 61.2 Å². The fourth-order valence-corrected chi connectivity index (χ4v) is 2.94. The zero-order valence-electron chi connectivity index (χ0n) is 14.9. The SMILES string of the molecule is Cc1cc(C(=O)N(CCN)CCc2ccccc2)ccc1-n1cncn1. The van der Waals surface area contributed by atoms with Crippen molar-refractivity contribution in [1.82, 2.24) is 19.7 Å². The summed E-state index contributed by atoms with van der Waals surface area (Å²) >= 11 is 0. The normalized spacial score (nSPS) is 10.7. The van der Waals surface area contributed by atoms with E-state index in [2.05, 4.69) is 22.2 Å². The van der Waals surface area contributed by atoms with E-state index in [0.29, 0.717) is 25.2 Å². The van der Waals surface area contributed by atoms with Gasteiger partial charge in [-0.2, -0.15) is 5.10 Å². The van der Waals surface area contributed by atoms with Crippen molar-refractivity contribution in [2.24, 2.45) is 5.73 Å². The summed E-state index contributed by atoms with van der Waals surface area (Å²) in [6.07, 6.45) is 3.94. The lowest BCUT2D eigenvalue weighted by Crippen LogP contribution is -2.37. The zero-order valence-corrected chi connectivity index (χ0v) is 14.9. The van der Waals surface area contributed by atoms with Gasteiger partial charge in [-0.05, 0) is 42.7 Å². The molecule has 0 aliphatic rings. The van der Waals surface area contributed by atoms with Crippen molar-refractivity contribution < 1.29 is 4.79 Å². The summed E-state index contributed by atoms with van der Waals surface area (Å²) < 4.78 is 1.69. The summed E-state index contributed by atoms with van der Waals surface area (Å²) in [5, 5.41) is 4.14. The van der Waals surface area contributed by atoms with Crippen LogP contribution in [0.5, 0.6) is 0 Å². The maximum absolute atomic E-state index is 12.9. The molecule has 1 amide bonds. The number of benzene rings is 2. The van der Waals surface area contributed by atoms with Gasteiger partial charge in [-0.1, -0.05) is 30.3 Å². The molecule has 0 atom stereocenters. The molecule has 0 fully saturated rings. The molecule has 2 N–H and O–H groups in total. The Morgan fingerprint density at radius 3 is 2.62 bits per heavy atom. The number of aryl methyl sites for hydroxylation is 1. The smallest absolute Gasteiger partial charge is 0.253 e. The van der Waals surface area contributed by atoms with Gasteiger partial charge in [0, 0.05) is 25.2 Å². The predicted octanol–water partition coefficient (Wildman–Crippen LogP) is 2.22. The van der Waals surface area contributed by atoms with Crippen molar-refractivity contribution in [2.45, 2.75) is 13.3 Å². The van der Waals surface area contributed by atoms with Crippen molar-refractivity contribution in [3.63, 3.8) is 0 Å². The van der Waals surface area contributed by atoms with Crippen LogP contribution >= 0.6 is 0 Å². The monoisotopic (exact) mass is 349 g/mol. The van der Waals surface area contributed by atoms with Crippen molar-refractivity contribution in [1.29, 1.82) is 0 Å². The lowest BCUT2D eigenvalue weighted by Gasteiger charge is -2.22. The minimum atomic E-state index is -0.000351. The molecule has 134 valence electrons. The van der Waals surface area contributed by atoms with Gasteiger partial charge in [0.05, 0.1) is 5.69 Å². The van der Waals surface area contributed by atoms with Crippen LogP contribution in [0, 0.1) is 6.92 Å². The minimum Gasteiger partial charge on any atom is -0.337 e. The number of hydrogen-bond acceptors (Lipinski definition) is 4. The molecule has 3 aromatic rings. The summed E-state index contributed by atoms with van der Waals surface area (Å²) in [6.45, 7) is 3.58. The summed E-state index contributed by atoms with van der Waals surface area (Å²) in [5.74, 6) is -0.000351. The van der Waals surface area contributed by atoms with Crippen molar-refractivity contribution >= 4 is 5.91 Å². The first kappa shape index (κ1) is 17.8. The summed E-state index contributed by atoms with van der Waals surface area (Å²) in [4.78, 5) is 18.7. The second-order valence-electron chi connectivity index (χ2n) is 6.16. The van der Waals surface area contributed by atoms with Crippen LogP contribution in [0.4, 0.5) is 0 Å². The topological polar surface area (TPSA) is 77.0 Å². The fourth-order valence-electron chi connectivity index (χ4n) is 2.94. The molecule has 0 aliphatic heterocycles. The molecule has 3 rings (SSSR count). The van der Waals surface area contributed by atoms with Gasteiger partial charge in [0.15, 0.2) is 0 Å². The molecule has 0 radical (unpaired) electrons. The number of amides is 1. The molecule has 0 aliphatic carbocycles. The third-order valence-corrected chi connectivity index (χ3v) is 4.31. The van der Waals surface area contributed by atoms with E-state index in [1.807, 2.05) is 48.2 Å². The molecule has 1 heterocycles. The maximum atomic E-state index is 12.9. The zero-order chi connectivity index (χ0) is 18.4. The molecule has 1 aromatic heterocycles. The number of nitrogens with zero attached hydrogens (tertiary/aromatic N) is 4. The van der Waals surface area contributed by atoms with Crippen LogP contribution in [0.1, 0.15) is 21.5 Å². The van der Waals surface area contributed by atoms with E-state index in [1.165, 1.54) is 11.9 Å². The molecule has 26 heavy (non-hydrogen) atoms. The second kappa shape index (κ2) is 8.40. The highest BCUT2D eigenvalue weighted by Gasteiger charge is 2.16. The van der Waals surface area contributed by atoms with E-state index in [0.717, 1.165) is 17.7 Å². The van der Waals surface area contributed by atoms with Crippen LogP contribution < -0.4 is 5.73 Å². The van der Waals surface area contributed by atoms with E-state index < -0.39 is 0 Å². The molecule has 2 aromatic carbocycles. The molecule has 6 nitrogen and oxygen atoms in total. The van der Waals surface area contributed by atoms with Crippen LogP contribution in [-0.2, 0) is 6.42 Å². The van der Waals surface area contributed by atoms with Crippen molar-refractivity contribution in [3.05, 3.63) is 77.9 Å². The molecule has 0 saturated heterocycles. The Balaban J connectivity index is 1.75. The lowest BCUT2D eigenvalue weighted by molar-refractivity contribution is 0.0762. The lowest BCUT2D eigenvalue weighted by atomic mass is 10.1. The van der Waals surface area contributed by atoms with Gasteiger partial charge in [0.25, 0.3) is 5.91 Å². The van der Waals surface area contributed by atoms with Crippen molar-refractivity contribution in [2.75, 3.05) is 19.6 Å². The van der Waals surface area contributed by atoms with Crippen LogP contribution in [0.3, 0.4) is 0 Å². The van der Waals surface area contributed by atoms with E-state index in [-0.39, 0.29) is 5.91 Å². The summed E-state index contributed by atoms with van der Waals surface area (Å²) in [7, 11) is 0. The van der Waals surface area contributed by atoms with Gasteiger partial charge in [-0.25, -0.2) is 9.67 Å². The first-order chi connectivity index (χ1) is 12.7. The Labute approximate surface area is 153 Å². The van der Waals surface area contributed by atoms with E-state index in [9.17, 15) is 4.79 Å². The Hall–Kier alpha value is -2.99. The van der Waals surface area contributed by atoms with Gasteiger partial charge in [0.1, 0.15) is 12.7 Å². The molecule has 0 spiro atoms. The van der Waals surface area contributed by atoms with Crippen LogP contribution in [0.2, 0.25) is 0 Å². The molecule has 6 heteroatoms. The Kier molecular flexibility index (Phi) is 5.76. The Morgan fingerprint density at radius 2 is 1.96 bits per heavy atom. The predicted molar refractivity (Wildman–Crippen MR) is 101 cm³/mol. The van der Waals surface area contributed by atoms with E-state index >= 15 is 0 Å². The summed E-state index contributed by atoms with van der Waals surface area (Å²) in [6, 6.07) is 15.8. The average Bonchev–Trinajstić information content (AvgIpc) is 3.19. The van der Waals surface area contributed by atoms with Gasteiger partial charge in [0.2, 0.25) is 0 Å². The number of hydrogen-bond donors (Lipinski definition) is 1. The minimum absolute atomic E-state index is 0.000351. The molecular weight excluding hydrogens is 326 g/mol. The third-order valence-electron chi connectivity index (χ3n) is 4.31. The first-order valence-electron chi connectivity index (χ1n) is 8.68. The van der Waals surface area contributed by atoms with Gasteiger partial charge in [-0.3, -0.25) is 4.79 Å². The van der Waals surface area contributed by atoms with Gasteiger partial charge >= 0.3 is 0 Å². The molecular formula is C20H23N5O. The number of rotatable bonds is 7. The summed E-state index contributed by atoms with van der Waals surface area (Å²) in [5.41, 5.74) is 9.47. The highest BCUT2D eigenvalue weighted by atomic mass is 16.2. The van der Waals surface area contributed by atoms with Crippen molar-refractivity contribution in [3.8, 4) is 5.69 Å². The van der Waals surface area contributed by atoms with Crippen LogP contribution in [-0.4, -0.2) is 45.2 Å². The van der Waals surface area contributed by atoms with E-state index in [1.54, 1.807) is 11.0 Å². The highest BCUT2D eigenvalue weighted by Crippen LogP contribution is 2.16. The quantitative estimate of drug-likeness (QED) is 0.709. The van der Waals surface area contributed by atoms with E-state index in [4.69, 9.17) is 5.73 Å². The maximum Gasteiger partial charge on any atom is 0.253 e. The second-order valence-corrected chi connectivity index (χ2v) is 6.16. The molecule has 0 bridgehead atoms. The number of carbonyl (C=O) groups is 1. The standard InChI is InChI=1S/C20H23N5O/c1-16-13-18(7-8-19(16)25-15-22-14-23-25)20(26)24(12-10-21)11-9-17-5-3-2-4-6-17/h2-8,13-15H,9-12,21H2,1H3. The molecule has 0 saturated carbocycles. The van der Waals surface area contributed by atoms with Gasteiger partial charge < -0.3 is 10.6 Å². The average molecular weight is 349 g/mol. The van der Waals surface area contributed by atoms with Gasteiger partial charge in [-0.15, -0.1) is 0 Å². The number of nitrogens with two attached hydrogens (primary N) is 1. The van der Waals surface area contributed by atoms with Crippen LogP contribution in [0.25, 0.3) is 5.69 Å². The fraction of sp³-hybridized carbons (Fsp3) is 0.250. The highest BCUT2D eigenvalue weighted by molar-refractivity contribution is 5.94. The molecule has 0 unspecified atom stereocenters. The number of aromatic nitrogens is 3.